The Morgan fingerprint density at radius 3 is 2.25 bits per heavy atom. The lowest BCUT2D eigenvalue weighted by atomic mass is 9.84. The minimum absolute atomic E-state index is 0.00769. The van der Waals surface area contributed by atoms with Crippen molar-refractivity contribution in [1.82, 2.24) is 0 Å². The van der Waals surface area contributed by atoms with Crippen LogP contribution in [0.1, 0.15) is 47.8 Å². The van der Waals surface area contributed by atoms with E-state index < -0.39 is 0 Å². The summed E-state index contributed by atoms with van der Waals surface area (Å²) in [5.41, 5.74) is 9.89. The standard InChI is InChI=1S/C18H21NO/c1-12-9-10-13(18(2,3)4)11-15(12)17(20)14-7-5-6-8-16(14)19/h5-11H,19H2,1-4H3. The van der Waals surface area contributed by atoms with Crippen molar-refractivity contribution in [3.63, 3.8) is 0 Å². The van der Waals surface area contributed by atoms with Gasteiger partial charge in [-0.2, -0.15) is 0 Å². The van der Waals surface area contributed by atoms with Gasteiger partial charge in [0.05, 0.1) is 0 Å². The van der Waals surface area contributed by atoms with E-state index in [-0.39, 0.29) is 11.2 Å². The number of anilines is 1. The van der Waals surface area contributed by atoms with Crippen LogP contribution in [0.15, 0.2) is 42.5 Å². The normalized spacial score (nSPS) is 11.4. The van der Waals surface area contributed by atoms with Crippen LogP contribution in [0.2, 0.25) is 0 Å². The number of rotatable bonds is 2. The maximum Gasteiger partial charge on any atom is 0.195 e. The van der Waals surface area contributed by atoms with Crippen molar-refractivity contribution in [3.05, 3.63) is 64.7 Å². The molecule has 2 N–H and O–H groups in total. The van der Waals surface area contributed by atoms with Gasteiger partial charge in [0.15, 0.2) is 5.78 Å². The number of hydrogen-bond donors (Lipinski definition) is 1. The highest BCUT2D eigenvalue weighted by Crippen LogP contribution is 2.26. The number of benzene rings is 2. The predicted octanol–water partition coefficient (Wildman–Crippen LogP) is 4.11. The predicted molar refractivity (Wildman–Crippen MR) is 84.2 cm³/mol. The maximum atomic E-state index is 12.7. The number of nitrogens with two attached hydrogens (primary N) is 1. The maximum absolute atomic E-state index is 12.7. The second-order valence-electron chi connectivity index (χ2n) is 6.20. The average molecular weight is 267 g/mol. The van der Waals surface area contributed by atoms with Crippen LogP contribution >= 0.6 is 0 Å². The van der Waals surface area contributed by atoms with Gasteiger partial charge in [-0.3, -0.25) is 4.79 Å². The molecular formula is C18H21NO. The fraction of sp³-hybridized carbons (Fsp3) is 0.278. The Morgan fingerprint density at radius 2 is 1.65 bits per heavy atom. The van der Waals surface area contributed by atoms with Crippen molar-refractivity contribution >= 4 is 11.5 Å². The molecule has 2 heteroatoms. The molecule has 0 aliphatic carbocycles. The van der Waals surface area contributed by atoms with Crippen molar-refractivity contribution in [2.45, 2.75) is 33.1 Å². The molecule has 0 atom stereocenters. The van der Waals surface area contributed by atoms with Crippen molar-refractivity contribution < 1.29 is 4.79 Å². The first-order chi connectivity index (χ1) is 9.30. The number of carbonyl (C=O) groups is 1. The zero-order valence-corrected chi connectivity index (χ0v) is 12.5. The van der Waals surface area contributed by atoms with E-state index in [4.69, 9.17) is 5.73 Å². The summed E-state index contributed by atoms with van der Waals surface area (Å²) in [6.07, 6.45) is 0. The van der Waals surface area contributed by atoms with Gasteiger partial charge < -0.3 is 5.73 Å². The molecule has 2 nitrogen and oxygen atoms in total. The van der Waals surface area contributed by atoms with Gasteiger partial charge in [0.2, 0.25) is 0 Å². The zero-order valence-electron chi connectivity index (χ0n) is 12.5. The minimum Gasteiger partial charge on any atom is -0.398 e. The molecule has 0 heterocycles. The highest BCUT2D eigenvalue weighted by molar-refractivity contribution is 6.12. The van der Waals surface area contributed by atoms with E-state index in [2.05, 4.69) is 26.8 Å². The van der Waals surface area contributed by atoms with Crippen molar-refractivity contribution in [1.29, 1.82) is 0 Å². The van der Waals surface area contributed by atoms with Gasteiger partial charge in [-0.1, -0.05) is 45.0 Å². The molecule has 0 radical (unpaired) electrons. The van der Waals surface area contributed by atoms with Gasteiger partial charge in [-0.05, 0) is 41.7 Å². The molecule has 0 amide bonds. The summed E-state index contributed by atoms with van der Waals surface area (Å²) in [6, 6.07) is 13.3. The zero-order chi connectivity index (χ0) is 14.9. The molecule has 2 aromatic carbocycles. The number of aryl methyl sites for hydroxylation is 1. The van der Waals surface area contributed by atoms with E-state index >= 15 is 0 Å². The third kappa shape index (κ3) is 2.74. The van der Waals surface area contributed by atoms with Gasteiger partial charge in [0.1, 0.15) is 0 Å². The van der Waals surface area contributed by atoms with Gasteiger partial charge >= 0.3 is 0 Å². The molecule has 2 rings (SSSR count). The second-order valence-corrected chi connectivity index (χ2v) is 6.20. The molecule has 104 valence electrons. The van der Waals surface area contributed by atoms with Crippen LogP contribution in [-0.2, 0) is 5.41 Å². The van der Waals surface area contributed by atoms with Gasteiger partial charge in [0, 0.05) is 16.8 Å². The first-order valence-corrected chi connectivity index (χ1v) is 6.81. The molecule has 0 aromatic heterocycles. The Kier molecular flexibility index (Phi) is 3.67. The number of hydrogen-bond acceptors (Lipinski definition) is 2. The summed E-state index contributed by atoms with van der Waals surface area (Å²) in [7, 11) is 0. The van der Waals surface area contributed by atoms with E-state index in [0.29, 0.717) is 11.3 Å². The van der Waals surface area contributed by atoms with Crippen LogP contribution in [0, 0.1) is 6.92 Å². The number of nitrogen functional groups attached to an aromatic ring is 1. The number of carbonyl (C=O) groups excluding carboxylic acids is 1. The quantitative estimate of drug-likeness (QED) is 0.657. The molecule has 0 spiro atoms. The molecule has 20 heavy (non-hydrogen) atoms. The highest BCUT2D eigenvalue weighted by atomic mass is 16.1. The average Bonchev–Trinajstić information content (AvgIpc) is 2.37. The third-order valence-electron chi connectivity index (χ3n) is 3.55. The lowest BCUT2D eigenvalue weighted by Crippen LogP contribution is -2.14. The number of ketones is 1. The van der Waals surface area contributed by atoms with Crippen molar-refractivity contribution in [2.75, 3.05) is 5.73 Å². The molecule has 2 aromatic rings. The summed E-state index contributed by atoms with van der Waals surface area (Å²) in [4.78, 5) is 12.7. The lowest BCUT2D eigenvalue weighted by molar-refractivity contribution is 0.103. The summed E-state index contributed by atoms with van der Waals surface area (Å²) < 4.78 is 0. The third-order valence-corrected chi connectivity index (χ3v) is 3.55. The van der Waals surface area contributed by atoms with Crippen LogP contribution < -0.4 is 5.73 Å². The van der Waals surface area contributed by atoms with Crippen LogP contribution in [-0.4, -0.2) is 5.78 Å². The van der Waals surface area contributed by atoms with Crippen LogP contribution in [0.25, 0.3) is 0 Å². The molecule has 0 aliphatic rings. The molecule has 0 saturated carbocycles. The van der Waals surface area contributed by atoms with E-state index in [9.17, 15) is 4.79 Å². The van der Waals surface area contributed by atoms with Gasteiger partial charge in [-0.25, -0.2) is 0 Å². The van der Waals surface area contributed by atoms with Crippen LogP contribution in [0.5, 0.6) is 0 Å². The Morgan fingerprint density at radius 1 is 1.00 bits per heavy atom. The summed E-state index contributed by atoms with van der Waals surface area (Å²) in [6.45, 7) is 8.38. The van der Waals surface area contributed by atoms with Crippen LogP contribution in [0.4, 0.5) is 5.69 Å². The van der Waals surface area contributed by atoms with Crippen molar-refractivity contribution in [3.8, 4) is 0 Å². The van der Waals surface area contributed by atoms with E-state index in [1.165, 1.54) is 0 Å². The molecule has 0 aliphatic heterocycles. The Bertz CT molecular complexity index is 651. The molecular weight excluding hydrogens is 246 g/mol. The second kappa shape index (κ2) is 5.12. The van der Waals surface area contributed by atoms with Gasteiger partial charge in [0.25, 0.3) is 0 Å². The van der Waals surface area contributed by atoms with E-state index in [1.54, 1.807) is 12.1 Å². The lowest BCUT2D eigenvalue weighted by Gasteiger charge is -2.20. The van der Waals surface area contributed by atoms with E-state index in [1.807, 2.05) is 31.2 Å². The van der Waals surface area contributed by atoms with Crippen LogP contribution in [0.3, 0.4) is 0 Å². The smallest absolute Gasteiger partial charge is 0.195 e. The highest BCUT2D eigenvalue weighted by Gasteiger charge is 2.19. The molecule has 0 saturated heterocycles. The Hall–Kier alpha value is -2.09. The topological polar surface area (TPSA) is 43.1 Å². The fourth-order valence-electron chi connectivity index (χ4n) is 2.18. The summed E-state index contributed by atoms with van der Waals surface area (Å²) >= 11 is 0. The summed E-state index contributed by atoms with van der Waals surface area (Å²) in [5.74, 6) is -0.00769. The minimum atomic E-state index is -0.00769. The summed E-state index contributed by atoms with van der Waals surface area (Å²) in [5, 5.41) is 0. The molecule has 0 fully saturated rings. The molecule has 0 unspecified atom stereocenters. The van der Waals surface area contributed by atoms with E-state index in [0.717, 1.165) is 16.7 Å². The fourth-order valence-corrected chi connectivity index (χ4v) is 2.18. The Balaban J connectivity index is 2.53. The Labute approximate surface area is 120 Å². The monoisotopic (exact) mass is 267 g/mol. The number of para-hydroxylation sites is 1. The largest absolute Gasteiger partial charge is 0.398 e. The SMILES string of the molecule is Cc1ccc(C(C)(C)C)cc1C(=O)c1ccccc1N. The first-order valence-electron chi connectivity index (χ1n) is 6.81. The van der Waals surface area contributed by atoms with Gasteiger partial charge in [-0.15, -0.1) is 0 Å². The molecule has 0 bridgehead atoms. The first kappa shape index (κ1) is 14.3. The van der Waals surface area contributed by atoms with Crippen molar-refractivity contribution in [2.24, 2.45) is 0 Å².